The van der Waals surface area contributed by atoms with Gasteiger partial charge in [-0.2, -0.15) is 5.10 Å². The van der Waals surface area contributed by atoms with Crippen molar-refractivity contribution in [3.05, 3.63) is 78.2 Å². The first-order chi connectivity index (χ1) is 17.0. The monoisotopic (exact) mass is 466 g/mol. The van der Waals surface area contributed by atoms with Crippen LogP contribution >= 0.6 is 0 Å². The Balaban J connectivity index is 1.26. The zero-order valence-electron chi connectivity index (χ0n) is 19.0. The molecule has 0 aliphatic carbocycles. The summed E-state index contributed by atoms with van der Waals surface area (Å²) in [7, 11) is 1.95. The van der Waals surface area contributed by atoms with Crippen molar-refractivity contribution in [2.45, 2.75) is 25.4 Å². The summed E-state index contributed by atoms with van der Waals surface area (Å²) in [5.74, 6) is -0.0518. The molecule has 2 aromatic carbocycles. The molecule has 9 heteroatoms. The Labute approximate surface area is 201 Å². The Hall–Kier alpha value is -4.53. The lowest BCUT2D eigenvalue weighted by Crippen LogP contribution is -2.52. The van der Waals surface area contributed by atoms with Crippen LogP contribution in [-0.2, 0) is 23.2 Å². The summed E-state index contributed by atoms with van der Waals surface area (Å²) in [4.78, 5) is 43.2. The van der Waals surface area contributed by atoms with Crippen LogP contribution in [0.25, 0.3) is 28.3 Å². The fraction of sp³-hybridized carbons (Fsp3) is 0.192. The number of imidazole rings is 1. The number of carbonyl (C=O) groups excluding carboxylic acids is 3. The highest BCUT2D eigenvalue weighted by Crippen LogP contribution is 2.32. The van der Waals surface area contributed by atoms with Gasteiger partial charge in [-0.05, 0) is 54.4 Å². The Morgan fingerprint density at radius 3 is 2.57 bits per heavy atom. The summed E-state index contributed by atoms with van der Waals surface area (Å²) >= 11 is 0. The van der Waals surface area contributed by atoms with Crippen LogP contribution in [0.2, 0.25) is 0 Å². The van der Waals surface area contributed by atoms with Gasteiger partial charge in [0, 0.05) is 55.3 Å². The van der Waals surface area contributed by atoms with E-state index >= 15 is 0 Å². The van der Waals surface area contributed by atoms with Crippen LogP contribution in [0.15, 0.2) is 67.1 Å². The molecule has 2 aliphatic rings. The number of nitrogens with one attached hydrogen (secondary N) is 1. The third-order valence-corrected chi connectivity index (χ3v) is 6.59. The Kier molecular flexibility index (Phi) is 4.84. The van der Waals surface area contributed by atoms with Gasteiger partial charge in [-0.3, -0.25) is 19.7 Å². The van der Waals surface area contributed by atoms with E-state index in [1.54, 1.807) is 21.8 Å². The molecule has 9 nitrogen and oxygen atoms in total. The minimum absolute atomic E-state index is 0.181. The van der Waals surface area contributed by atoms with Crippen molar-refractivity contribution in [1.29, 1.82) is 0 Å². The van der Waals surface area contributed by atoms with Crippen molar-refractivity contribution in [3.8, 4) is 28.3 Å². The second kappa shape index (κ2) is 8.05. The fourth-order valence-corrected chi connectivity index (χ4v) is 4.79. The number of fused-ring (bicyclic) bond motifs is 1. The maximum Gasteiger partial charge on any atom is 0.255 e. The van der Waals surface area contributed by atoms with E-state index in [0.717, 1.165) is 33.9 Å². The molecule has 4 aromatic rings. The molecule has 1 unspecified atom stereocenters. The molecule has 1 fully saturated rings. The van der Waals surface area contributed by atoms with E-state index in [-0.39, 0.29) is 18.2 Å². The molecule has 1 saturated heterocycles. The standard InChI is InChI=1S/C26H22N6O3/c1-30-15-21(28-24(30)16-3-6-19(7-4-16)32-12-2-11-27-32)17-5-8-20-18(13-17)14-31(26(20)35)22-9-10-23(33)29-25(22)34/h2-8,11-13,15,22H,9-10,14H2,1H3,(H,29,33,34). The predicted octanol–water partition coefficient (Wildman–Crippen LogP) is 2.70. The molecule has 35 heavy (non-hydrogen) atoms. The van der Waals surface area contributed by atoms with Crippen molar-refractivity contribution in [2.75, 3.05) is 0 Å². The summed E-state index contributed by atoms with van der Waals surface area (Å²) in [5, 5.41) is 6.60. The smallest absolute Gasteiger partial charge is 0.255 e. The topological polar surface area (TPSA) is 102 Å². The maximum absolute atomic E-state index is 13.0. The number of piperidine rings is 1. The number of amides is 3. The van der Waals surface area contributed by atoms with Crippen LogP contribution < -0.4 is 5.32 Å². The second-order valence-corrected chi connectivity index (χ2v) is 8.83. The van der Waals surface area contributed by atoms with Gasteiger partial charge in [0.05, 0.1) is 11.4 Å². The first-order valence-corrected chi connectivity index (χ1v) is 11.4. The second-order valence-electron chi connectivity index (χ2n) is 8.83. The highest BCUT2D eigenvalue weighted by molar-refractivity contribution is 6.05. The number of hydrogen-bond donors (Lipinski definition) is 1. The van der Waals surface area contributed by atoms with Gasteiger partial charge in [-0.25, -0.2) is 9.67 Å². The fourth-order valence-electron chi connectivity index (χ4n) is 4.79. The van der Waals surface area contributed by atoms with Crippen LogP contribution in [0, 0.1) is 0 Å². The lowest BCUT2D eigenvalue weighted by atomic mass is 10.0. The zero-order chi connectivity index (χ0) is 24.1. The van der Waals surface area contributed by atoms with Crippen LogP contribution in [0.1, 0.15) is 28.8 Å². The summed E-state index contributed by atoms with van der Waals surface area (Å²) in [5.41, 5.74) is 5.09. The maximum atomic E-state index is 13.0. The van der Waals surface area contributed by atoms with E-state index < -0.39 is 11.9 Å². The van der Waals surface area contributed by atoms with E-state index in [1.807, 2.05) is 66.5 Å². The number of aromatic nitrogens is 4. The Bertz CT molecular complexity index is 1470. The molecule has 0 saturated carbocycles. The lowest BCUT2D eigenvalue weighted by Gasteiger charge is -2.29. The van der Waals surface area contributed by atoms with E-state index in [0.29, 0.717) is 18.5 Å². The van der Waals surface area contributed by atoms with Gasteiger partial charge in [0.15, 0.2) is 0 Å². The highest BCUT2D eigenvalue weighted by Gasteiger charge is 2.39. The molecule has 0 radical (unpaired) electrons. The summed E-state index contributed by atoms with van der Waals surface area (Å²) in [6, 6.07) is 14.9. The van der Waals surface area contributed by atoms with E-state index in [1.165, 1.54) is 0 Å². The zero-order valence-corrected chi connectivity index (χ0v) is 19.0. The Morgan fingerprint density at radius 1 is 1.03 bits per heavy atom. The summed E-state index contributed by atoms with van der Waals surface area (Å²) in [6.07, 6.45) is 6.19. The minimum Gasteiger partial charge on any atom is -0.333 e. The molecule has 4 heterocycles. The number of imide groups is 1. The molecular formula is C26H22N6O3. The number of benzene rings is 2. The third kappa shape index (κ3) is 3.61. The number of nitrogens with zero attached hydrogens (tertiary/aromatic N) is 5. The molecule has 0 spiro atoms. The predicted molar refractivity (Wildman–Crippen MR) is 127 cm³/mol. The van der Waals surface area contributed by atoms with Crippen molar-refractivity contribution in [3.63, 3.8) is 0 Å². The average molecular weight is 467 g/mol. The van der Waals surface area contributed by atoms with Gasteiger partial charge in [-0.15, -0.1) is 0 Å². The molecule has 1 N–H and O–H groups in total. The van der Waals surface area contributed by atoms with Gasteiger partial charge < -0.3 is 9.47 Å². The molecule has 1 atom stereocenters. The summed E-state index contributed by atoms with van der Waals surface area (Å²) < 4.78 is 3.78. The average Bonchev–Trinajstić information content (AvgIpc) is 3.59. The van der Waals surface area contributed by atoms with E-state index in [9.17, 15) is 14.4 Å². The minimum atomic E-state index is -0.623. The first-order valence-electron chi connectivity index (χ1n) is 11.4. The van der Waals surface area contributed by atoms with Gasteiger partial charge in [0.25, 0.3) is 5.91 Å². The van der Waals surface area contributed by atoms with Crippen LogP contribution in [0.3, 0.4) is 0 Å². The van der Waals surface area contributed by atoms with E-state index in [4.69, 9.17) is 4.98 Å². The number of rotatable bonds is 4. The molecule has 6 rings (SSSR count). The lowest BCUT2D eigenvalue weighted by molar-refractivity contribution is -0.136. The highest BCUT2D eigenvalue weighted by atomic mass is 16.2. The van der Waals surface area contributed by atoms with Crippen molar-refractivity contribution in [1.82, 2.24) is 29.5 Å². The normalized spacial score (nSPS) is 17.6. The van der Waals surface area contributed by atoms with Crippen molar-refractivity contribution < 1.29 is 14.4 Å². The third-order valence-electron chi connectivity index (χ3n) is 6.59. The van der Waals surface area contributed by atoms with Crippen LogP contribution in [0.4, 0.5) is 0 Å². The van der Waals surface area contributed by atoms with Crippen LogP contribution in [-0.4, -0.2) is 48.0 Å². The van der Waals surface area contributed by atoms with Crippen molar-refractivity contribution in [2.24, 2.45) is 7.05 Å². The van der Waals surface area contributed by atoms with Crippen LogP contribution in [0.5, 0.6) is 0 Å². The van der Waals surface area contributed by atoms with Crippen molar-refractivity contribution >= 4 is 17.7 Å². The number of carbonyl (C=O) groups is 3. The SMILES string of the molecule is Cn1cc(-c2ccc3c(c2)CN(C2CCC(=O)NC2=O)C3=O)nc1-c1ccc(-n2cccn2)cc1. The molecule has 0 bridgehead atoms. The first kappa shape index (κ1) is 21.0. The molecule has 2 aromatic heterocycles. The Morgan fingerprint density at radius 2 is 1.83 bits per heavy atom. The molecule has 2 aliphatic heterocycles. The molecular weight excluding hydrogens is 444 g/mol. The van der Waals surface area contributed by atoms with Gasteiger partial charge in [-0.1, -0.05) is 6.07 Å². The van der Waals surface area contributed by atoms with Gasteiger partial charge in [0.1, 0.15) is 11.9 Å². The quantitative estimate of drug-likeness (QED) is 0.466. The molecule has 3 amide bonds. The largest absolute Gasteiger partial charge is 0.333 e. The summed E-state index contributed by atoms with van der Waals surface area (Å²) in [6.45, 7) is 0.336. The van der Waals surface area contributed by atoms with Gasteiger partial charge >= 0.3 is 0 Å². The number of aryl methyl sites for hydroxylation is 1. The molecule has 174 valence electrons. The van der Waals surface area contributed by atoms with E-state index in [2.05, 4.69) is 10.4 Å². The number of hydrogen-bond acceptors (Lipinski definition) is 5. The van der Waals surface area contributed by atoms with Gasteiger partial charge in [0.2, 0.25) is 11.8 Å².